The number of carbonyl (C=O) groups is 1. The molecule has 0 atom stereocenters. The van der Waals surface area contributed by atoms with Gasteiger partial charge in [-0.2, -0.15) is 0 Å². The molecular weight excluding hydrogens is 288 g/mol. The normalized spacial score (nSPS) is 10.1. The van der Waals surface area contributed by atoms with Crippen molar-refractivity contribution in [3.63, 3.8) is 0 Å². The van der Waals surface area contributed by atoms with Gasteiger partial charge in [0.2, 0.25) is 0 Å². The second-order valence-electron chi connectivity index (χ2n) is 4.49. The van der Waals surface area contributed by atoms with Gasteiger partial charge in [0.1, 0.15) is 16.5 Å². The van der Waals surface area contributed by atoms with Crippen LogP contribution in [0.25, 0.3) is 0 Å². The molecule has 21 heavy (non-hydrogen) atoms. The van der Waals surface area contributed by atoms with Crippen LogP contribution in [0.2, 0.25) is 0 Å². The molecule has 6 heteroatoms. The lowest BCUT2D eigenvalue weighted by atomic mass is 10.1. The van der Waals surface area contributed by atoms with Crippen molar-refractivity contribution in [2.24, 2.45) is 5.73 Å². The van der Waals surface area contributed by atoms with E-state index >= 15 is 0 Å². The Morgan fingerprint density at radius 2 is 1.76 bits per heavy atom. The molecule has 0 heterocycles. The van der Waals surface area contributed by atoms with Gasteiger partial charge < -0.3 is 21.3 Å². The molecule has 2 aromatic rings. The smallest absolute Gasteiger partial charge is 0.251 e. The van der Waals surface area contributed by atoms with Crippen molar-refractivity contribution in [3.8, 4) is 11.5 Å². The number of phenolic OH excluding ortho intramolecular Hbond substituents is 2. The van der Waals surface area contributed by atoms with Gasteiger partial charge in [0.05, 0.1) is 0 Å². The maximum Gasteiger partial charge on any atom is 0.251 e. The Balaban J connectivity index is 2.07. The van der Waals surface area contributed by atoms with Crippen molar-refractivity contribution in [2.75, 3.05) is 0 Å². The average molecular weight is 302 g/mol. The Morgan fingerprint density at radius 1 is 1.10 bits per heavy atom. The Labute approximate surface area is 127 Å². The SMILES string of the molecule is NC(=S)c1cccc(CNC(=O)c2cc(O)cc(O)c2)c1. The summed E-state index contributed by atoms with van der Waals surface area (Å²) in [5.41, 5.74) is 7.30. The lowest BCUT2D eigenvalue weighted by Gasteiger charge is -2.07. The second kappa shape index (κ2) is 6.23. The Hall–Kier alpha value is -2.60. The summed E-state index contributed by atoms with van der Waals surface area (Å²) in [6.07, 6.45) is 0. The fourth-order valence-corrected chi connectivity index (χ4v) is 1.97. The van der Waals surface area contributed by atoms with E-state index in [0.29, 0.717) is 4.99 Å². The first-order valence-corrected chi connectivity index (χ1v) is 6.56. The van der Waals surface area contributed by atoms with E-state index in [4.69, 9.17) is 18.0 Å². The summed E-state index contributed by atoms with van der Waals surface area (Å²) >= 11 is 4.90. The van der Waals surface area contributed by atoms with Gasteiger partial charge in [-0.1, -0.05) is 30.4 Å². The van der Waals surface area contributed by atoms with E-state index in [9.17, 15) is 15.0 Å². The standard InChI is InChI=1S/C15H14N2O3S/c16-14(21)10-3-1-2-9(4-10)8-17-15(20)11-5-12(18)7-13(19)6-11/h1-7,18-19H,8H2,(H2,16,21)(H,17,20). The van der Waals surface area contributed by atoms with Gasteiger partial charge in [0, 0.05) is 23.7 Å². The van der Waals surface area contributed by atoms with E-state index in [0.717, 1.165) is 17.2 Å². The van der Waals surface area contributed by atoms with E-state index in [-0.39, 0.29) is 23.6 Å². The number of thiocarbonyl (C=S) groups is 1. The van der Waals surface area contributed by atoms with Gasteiger partial charge in [0.25, 0.3) is 5.91 Å². The molecule has 0 bridgehead atoms. The number of nitrogens with one attached hydrogen (secondary N) is 1. The Bertz CT molecular complexity index is 681. The predicted molar refractivity (Wildman–Crippen MR) is 83.3 cm³/mol. The Morgan fingerprint density at radius 3 is 2.38 bits per heavy atom. The zero-order chi connectivity index (χ0) is 15.4. The number of benzene rings is 2. The van der Waals surface area contributed by atoms with Crippen LogP contribution in [0.15, 0.2) is 42.5 Å². The highest BCUT2D eigenvalue weighted by Crippen LogP contribution is 2.20. The van der Waals surface area contributed by atoms with Crippen LogP contribution in [0.4, 0.5) is 0 Å². The van der Waals surface area contributed by atoms with Crippen molar-refractivity contribution >= 4 is 23.1 Å². The minimum atomic E-state index is -0.401. The number of phenols is 2. The van der Waals surface area contributed by atoms with E-state index in [1.807, 2.05) is 6.07 Å². The topological polar surface area (TPSA) is 95.6 Å². The van der Waals surface area contributed by atoms with Gasteiger partial charge in [-0.15, -0.1) is 0 Å². The number of hydrogen-bond acceptors (Lipinski definition) is 4. The summed E-state index contributed by atoms with van der Waals surface area (Å²) in [6, 6.07) is 10.9. The third-order valence-corrected chi connectivity index (χ3v) is 3.06. The second-order valence-corrected chi connectivity index (χ2v) is 4.93. The zero-order valence-electron chi connectivity index (χ0n) is 11.0. The van der Waals surface area contributed by atoms with Crippen LogP contribution >= 0.6 is 12.2 Å². The third kappa shape index (κ3) is 3.93. The van der Waals surface area contributed by atoms with Crippen molar-refractivity contribution in [2.45, 2.75) is 6.54 Å². The van der Waals surface area contributed by atoms with E-state index in [1.165, 1.54) is 12.1 Å². The minimum Gasteiger partial charge on any atom is -0.508 e. The molecular formula is C15H14N2O3S. The largest absolute Gasteiger partial charge is 0.508 e. The monoisotopic (exact) mass is 302 g/mol. The summed E-state index contributed by atoms with van der Waals surface area (Å²) in [7, 11) is 0. The zero-order valence-corrected chi connectivity index (χ0v) is 11.9. The highest BCUT2D eigenvalue weighted by Gasteiger charge is 2.08. The van der Waals surface area contributed by atoms with Gasteiger partial charge in [-0.25, -0.2) is 0 Å². The molecule has 5 nitrogen and oxygen atoms in total. The van der Waals surface area contributed by atoms with Gasteiger partial charge in [-0.05, 0) is 23.8 Å². The molecule has 5 N–H and O–H groups in total. The highest BCUT2D eigenvalue weighted by molar-refractivity contribution is 7.80. The van der Waals surface area contributed by atoms with E-state index < -0.39 is 5.91 Å². The molecule has 1 amide bonds. The molecule has 0 aliphatic heterocycles. The molecule has 0 saturated heterocycles. The van der Waals surface area contributed by atoms with E-state index in [2.05, 4.69) is 5.32 Å². The van der Waals surface area contributed by atoms with Crippen LogP contribution in [0.3, 0.4) is 0 Å². The van der Waals surface area contributed by atoms with Crippen LogP contribution in [0, 0.1) is 0 Å². The fraction of sp³-hybridized carbons (Fsp3) is 0.0667. The first kappa shape index (κ1) is 14.8. The number of hydrogen-bond donors (Lipinski definition) is 4. The molecule has 2 rings (SSSR count). The molecule has 0 fully saturated rings. The molecule has 0 saturated carbocycles. The quantitative estimate of drug-likeness (QED) is 0.644. The molecule has 108 valence electrons. The maximum absolute atomic E-state index is 12.0. The Kier molecular flexibility index (Phi) is 4.39. The number of nitrogens with two attached hydrogens (primary N) is 1. The lowest BCUT2D eigenvalue weighted by Crippen LogP contribution is -2.23. The number of carbonyl (C=O) groups excluding carboxylic acids is 1. The summed E-state index contributed by atoms with van der Waals surface area (Å²) in [6.45, 7) is 0.283. The molecule has 0 aromatic heterocycles. The van der Waals surface area contributed by atoms with E-state index in [1.54, 1.807) is 18.2 Å². The minimum absolute atomic E-state index is 0.171. The fourth-order valence-electron chi connectivity index (χ4n) is 1.85. The highest BCUT2D eigenvalue weighted by atomic mass is 32.1. The van der Waals surface area contributed by atoms with Crippen molar-refractivity contribution in [3.05, 3.63) is 59.2 Å². The number of amides is 1. The molecule has 0 aliphatic rings. The predicted octanol–water partition coefficient (Wildman–Crippen LogP) is 1.66. The lowest BCUT2D eigenvalue weighted by molar-refractivity contribution is 0.0950. The van der Waals surface area contributed by atoms with Crippen molar-refractivity contribution in [1.82, 2.24) is 5.32 Å². The van der Waals surface area contributed by atoms with Gasteiger partial charge >= 0.3 is 0 Å². The van der Waals surface area contributed by atoms with Crippen LogP contribution in [0.1, 0.15) is 21.5 Å². The van der Waals surface area contributed by atoms with Gasteiger partial charge in [0.15, 0.2) is 0 Å². The van der Waals surface area contributed by atoms with Crippen molar-refractivity contribution < 1.29 is 15.0 Å². The molecule has 0 spiro atoms. The van der Waals surface area contributed by atoms with Crippen LogP contribution in [-0.2, 0) is 6.54 Å². The number of aromatic hydroxyl groups is 2. The summed E-state index contributed by atoms with van der Waals surface area (Å²) in [4.78, 5) is 12.3. The number of rotatable bonds is 4. The van der Waals surface area contributed by atoms with Gasteiger partial charge in [-0.3, -0.25) is 4.79 Å². The average Bonchev–Trinajstić information content (AvgIpc) is 2.44. The van der Waals surface area contributed by atoms with Crippen LogP contribution in [0.5, 0.6) is 11.5 Å². The maximum atomic E-state index is 12.0. The first-order valence-electron chi connectivity index (χ1n) is 6.15. The molecule has 0 aliphatic carbocycles. The summed E-state index contributed by atoms with van der Waals surface area (Å²) < 4.78 is 0. The van der Waals surface area contributed by atoms with Crippen molar-refractivity contribution in [1.29, 1.82) is 0 Å². The van der Waals surface area contributed by atoms with Crippen LogP contribution < -0.4 is 11.1 Å². The molecule has 0 unspecified atom stereocenters. The van der Waals surface area contributed by atoms with Crippen LogP contribution in [-0.4, -0.2) is 21.1 Å². The third-order valence-electron chi connectivity index (χ3n) is 2.83. The summed E-state index contributed by atoms with van der Waals surface area (Å²) in [5, 5.41) is 21.4. The summed E-state index contributed by atoms with van der Waals surface area (Å²) in [5.74, 6) is -0.742. The first-order chi connectivity index (χ1) is 9.95. The molecule has 0 radical (unpaired) electrons. The molecule has 2 aromatic carbocycles.